The van der Waals surface area contributed by atoms with E-state index in [1.807, 2.05) is 0 Å². The summed E-state index contributed by atoms with van der Waals surface area (Å²) in [7, 11) is 0. The van der Waals surface area contributed by atoms with Crippen LogP contribution in [-0.4, -0.2) is 0 Å². The standard InChI is InChI=1S/5FH.Li.Zr/h5*1H;;/q;;;;;+1;+4/p-5. The molecule has 0 nitrogen and oxygen atoms in total. The van der Waals surface area contributed by atoms with E-state index in [0.717, 1.165) is 0 Å². The van der Waals surface area contributed by atoms with E-state index in [2.05, 4.69) is 0 Å². The van der Waals surface area contributed by atoms with Gasteiger partial charge >= 0.3 is 53.8 Å². The number of rotatable bonds is 0. The molecule has 0 unspecified atom stereocenters. The van der Waals surface area contributed by atoms with Crippen molar-refractivity contribution in [3.05, 3.63) is 0 Å². The zero-order valence-corrected chi connectivity index (χ0v) is 5.85. The van der Waals surface area contributed by atoms with Crippen LogP contribution >= 0.6 is 0 Å². The number of halogens is 5. The average molecular weight is 193 g/mol. The van der Waals surface area contributed by atoms with Gasteiger partial charge < -0.3 is 0 Å². The van der Waals surface area contributed by atoms with Crippen molar-refractivity contribution in [1.29, 1.82) is 0 Å². The van der Waals surface area contributed by atoms with Gasteiger partial charge in [-0.3, -0.25) is 0 Å². The molecule has 0 fully saturated rings. The Hall–Kier alpha value is 1.13. The quantitative estimate of drug-likeness (QED) is 0.345. The van der Waals surface area contributed by atoms with Gasteiger partial charge in [0.05, 0.1) is 0 Å². The van der Waals surface area contributed by atoms with E-state index in [-0.39, 0.29) is 18.9 Å². The summed E-state index contributed by atoms with van der Waals surface area (Å²) >= 11 is -9.26. The van der Waals surface area contributed by atoms with Crippen LogP contribution in [0.5, 0.6) is 0 Å². The third kappa shape index (κ3) is 147. The molecule has 0 saturated carbocycles. The Kier molecular flexibility index (Phi) is 3.40. The van der Waals surface area contributed by atoms with Crippen LogP contribution in [0.25, 0.3) is 0 Å². The summed E-state index contributed by atoms with van der Waals surface area (Å²) in [5.41, 5.74) is 0. The van der Waals surface area contributed by atoms with Crippen molar-refractivity contribution in [1.82, 2.24) is 0 Å². The number of hydrogen-bond donors (Lipinski definition) is 0. The molecule has 0 heterocycles. The summed E-state index contributed by atoms with van der Waals surface area (Å²) in [4.78, 5) is 0. The Balaban J connectivity index is 0. The van der Waals surface area contributed by atoms with Crippen LogP contribution in [0.2, 0.25) is 0 Å². The molecule has 40 valence electrons. The molecule has 0 aliphatic heterocycles. The van der Waals surface area contributed by atoms with E-state index in [4.69, 9.17) is 0 Å². The third-order valence-corrected chi connectivity index (χ3v) is 0. The van der Waals surface area contributed by atoms with E-state index < -0.39 is 21.8 Å². The van der Waals surface area contributed by atoms with Gasteiger partial charge in [0.1, 0.15) is 0 Å². The molecule has 0 radical (unpaired) electrons. The van der Waals surface area contributed by atoms with Crippen molar-refractivity contribution in [2.24, 2.45) is 0 Å². The molecule has 7 heavy (non-hydrogen) atoms. The molecule has 0 spiro atoms. The van der Waals surface area contributed by atoms with Gasteiger partial charge in [0.15, 0.2) is 0 Å². The van der Waals surface area contributed by atoms with Crippen LogP contribution in [0.4, 0.5) is 13.1 Å². The fourth-order valence-electron chi connectivity index (χ4n) is 0. The van der Waals surface area contributed by atoms with Gasteiger partial charge in [0, 0.05) is 0 Å². The minimum atomic E-state index is -9.26. The first kappa shape index (κ1) is 11.0. The smallest absolute Gasteiger partial charge is 1.00 e. The van der Waals surface area contributed by atoms with Crippen molar-refractivity contribution in [2.75, 3.05) is 0 Å². The second-order valence-electron chi connectivity index (χ2n) is 0.714. The second kappa shape index (κ2) is 2.16. The SMILES string of the molecule is [F][Zr-]([F])([F])([F])[F].[Li+]. The molecule has 7 heteroatoms. The average Bonchev–Trinajstić information content (AvgIpc) is 0.650. The van der Waals surface area contributed by atoms with Crippen molar-refractivity contribution in [2.45, 2.75) is 0 Å². The summed E-state index contributed by atoms with van der Waals surface area (Å²) in [6, 6.07) is 0. The summed E-state index contributed by atoms with van der Waals surface area (Å²) in [5.74, 6) is 0. The van der Waals surface area contributed by atoms with Crippen LogP contribution in [0.3, 0.4) is 0 Å². The molecule has 0 aromatic rings. The van der Waals surface area contributed by atoms with E-state index in [9.17, 15) is 13.1 Å². The molecule has 0 N–H and O–H groups in total. The first-order valence-electron chi connectivity index (χ1n) is 0.945. The molecule has 0 amide bonds. The first-order valence-corrected chi connectivity index (χ1v) is 5.59. The van der Waals surface area contributed by atoms with E-state index in [1.165, 1.54) is 0 Å². The monoisotopic (exact) mass is 192 g/mol. The Morgan fingerprint density at radius 1 is 0.714 bits per heavy atom. The van der Waals surface area contributed by atoms with Gasteiger partial charge in [-0.2, -0.15) is 0 Å². The van der Waals surface area contributed by atoms with Gasteiger partial charge in [-0.1, -0.05) is 0 Å². The van der Waals surface area contributed by atoms with Crippen LogP contribution in [-0.2, 0) is 21.8 Å². The van der Waals surface area contributed by atoms with Gasteiger partial charge in [0.25, 0.3) is 0 Å². The fraction of sp³-hybridized carbons (Fsp3) is 0. The Bertz CT molecular complexity index is 41.3. The number of hydrogen-bond acceptors (Lipinski definition) is 0. The molecule has 0 bridgehead atoms. The maximum Gasteiger partial charge on any atom is 1.00 e. The Labute approximate surface area is 53.8 Å². The van der Waals surface area contributed by atoms with Gasteiger partial charge in [-0.15, -0.1) is 0 Å². The summed E-state index contributed by atoms with van der Waals surface area (Å²) < 4.78 is 49.6. The minimum Gasteiger partial charge on any atom is 1.00 e. The molecule has 0 aliphatic rings. The molecule has 0 aromatic heterocycles. The van der Waals surface area contributed by atoms with Crippen molar-refractivity contribution >= 4 is 0 Å². The summed E-state index contributed by atoms with van der Waals surface area (Å²) in [6.45, 7) is 0. The fourth-order valence-corrected chi connectivity index (χ4v) is 0. The molecule has 0 rings (SSSR count). The molecule has 0 aromatic carbocycles. The maximum atomic E-state index is 9.92. The van der Waals surface area contributed by atoms with Gasteiger partial charge in [-0.05, 0) is 0 Å². The largest absolute Gasteiger partial charge is 1.00 e. The zero-order chi connectivity index (χ0) is 5.45. The van der Waals surface area contributed by atoms with E-state index >= 15 is 0 Å². The van der Waals surface area contributed by atoms with Crippen LogP contribution in [0.1, 0.15) is 0 Å². The van der Waals surface area contributed by atoms with Gasteiger partial charge in [-0.25, -0.2) is 0 Å². The van der Waals surface area contributed by atoms with Crippen molar-refractivity contribution < 1.29 is 53.8 Å². The Morgan fingerprint density at radius 2 is 0.714 bits per heavy atom. The third-order valence-electron chi connectivity index (χ3n) is 0. The molecule has 0 saturated heterocycles. The van der Waals surface area contributed by atoms with Crippen LogP contribution in [0.15, 0.2) is 0 Å². The zero-order valence-electron chi connectivity index (χ0n) is 3.39. The van der Waals surface area contributed by atoms with Crippen molar-refractivity contribution in [3.8, 4) is 0 Å². The minimum absolute atomic E-state index is 0. The summed E-state index contributed by atoms with van der Waals surface area (Å²) in [6.07, 6.45) is 0. The van der Waals surface area contributed by atoms with E-state index in [0.29, 0.717) is 0 Å². The van der Waals surface area contributed by atoms with Crippen LogP contribution in [0, 0.1) is 0 Å². The normalized spacial score (nSPS) is 16.4. The molecular formula is F5LiZr. The summed E-state index contributed by atoms with van der Waals surface area (Å²) in [5, 5.41) is 0. The van der Waals surface area contributed by atoms with Crippen molar-refractivity contribution in [3.63, 3.8) is 0 Å². The van der Waals surface area contributed by atoms with Gasteiger partial charge in [0.2, 0.25) is 0 Å². The van der Waals surface area contributed by atoms with E-state index in [1.54, 1.807) is 0 Å². The predicted molar refractivity (Wildman–Crippen MR) is 5.54 cm³/mol. The Morgan fingerprint density at radius 3 is 0.714 bits per heavy atom. The molecule has 0 atom stereocenters. The second-order valence-corrected chi connectivity index (χ2v) is 4.23. The maximum absolute atomic E-state index is 9.92. The molecular weight excluding hydrogens is 193 g/mol. The predicted octanol–water partition coefficient (Wildman–Crippen LogP) is -0.897. The first-order chi connectivity index (χ1) is 2.24. The van der Waals surface area contributed by atoms with Crippen LogP contribution < -0.4 is 18.9 Å². The molecule has 0 aliphatic carbocycles. The topological polar surface area (TPSA) is 0 Å².